The van der Waals surface area contributed by atoms with Gasteiger partial charge in [-0.2, -0.15) is 0 Å². The fourth-order valence-electron chi connectivity index (χ4n) is 2.22. The predicted molar refractivity (Wildman–Crippen MR) is 60.6 cm³/mol. The van der Waals surface area contributed by atoms with Gasteiger partial charge in [0.25, 0.3) is 0 Å². The van der Waals surface area contributed by atoms with Gasteiger partial charge in [0.15, 0.2) is 0 Å². The zero-order valence-corrected chi connectivity index (χ0v) is 9.53. The van der Waals surface area contributed by atoms with E-state index in [0.717, 1.165) is 29.3 Å². The van der Waals surface area contributed by atoms with Crippen LogP contribution in [0.15, 0.2) is 12.1 Å². The third kappa shape index (κ3) is 2.37. The number of aliphatic hydroxyl groups is 1. The Kier molecular flexibility index (Phi) is 3.06. The molecule has 1 aliphatic rings. The summed E-state index contributed by atoms with van der Waals surface area (Å²) in [5.41, 5.74) is 3.00. The molecule has 0 bridgehead atoms. The lowest BCUT2D eigenvalue weighted by Gasteiger charge is -2.28. The molecule has 2 nitrogen and oxygen atoms in total. The van der Waals surface area contributed by atoms with Gasteiger partial charge in [-0.25, -0.2) is 0 Å². The summed E-state index contributed by atoms with van der Waals surface area (Å²) in [6.45, 7) is 3.96. The lowest BCUT2D eigenvalue weighted by molar-refractivity contribution is 0.117. The van der Waals surface area contributed by atoms with Crippen molar-refractivity contribution in [2.24, 2.45) is 5.92 Å². The van der Waals surface area contributed by atoms with Crippen LogP contribution in [-0.2, 0) is 0 Å². The molecule has 1 fully saturated rings. The quantitative estimate of drug-likeness (QED) is 0.823. The summed E-state index contributed by atoms with van der Waals surface area (Å²) in [6.07, 6.45) is 4.50. The molecule has 2 heteroatoms. The molecule has 1 heterocycles. The van der Waals surface area contributed by atoms with Crippen LogP contribution in [0.25, 0.3) is 0 Å². The molecule has 1 aromatic rings. The molecule has 1 N–H and O–H groups in total. The minimum absolute atomic E-state index is 0.316. The lowest BCUT2D eigenvalue weighted by atomic mass is 9.80. The first-order chi connectivity index (χ1) is 7.16. The summed E-state index contributed by atoms with van der Waals surface area (Å²) in [5, 5.41) is 10.1. The van der Waals surface area contributed by atoms with Crippen LogP contribution < -0.4 is 0 Å². The maximum atomic E-state index is 10.1. The van der Waals surface area contributed by atoms with Gasteiger partial charge in [-0.05, 0) is 32.3 Å². The topological polar surface area (TPSA) is 33.1 Å². The Morgan fingerprint density at radius 3 is 2.67 bits per heavy atom. The number of aromatic nitrogens is 1. The second-order valence-electron chi connectivity index (χ2n) is 4.68. The molecule has 2 rings (SSSR count). The van der Waals surface area contributed by atoms with Gasteiger partial charge in [-0.15, -0.1) is 0 Å². The molecule has 15 heavy (non-hydrogen) atoms. The summed E-state index contributed by atoms with van der Waals surface area (Å²) in [6, 6.07) is 3.99. The monoisotopic (exact) mass is 205 g/mol. The minimum Gasteiger partial charge on any atom is -0.388 e. The molecule has 1 aromatic heterocycles. The number of rotatable bonds is 3. The van der Waals surface area contributed by atoms with Crippen LogP contribution in [0, 0.1) is 19.8 Å². The molecule has 1 atom stereocenters. The molecular weight excluding hydrogens is 186 g/mol. The first kappa shape index (κ1) is 10.6. The van der Waals surface area contributed by atoms with Crippen molar-refractivity contribution in [2.45, 2.75) is 45.6 Å². The van der Waals surface area contributed by atoms with E-state index in [0.29, 0.717) is 0 Å². The van der Waals surface area contributed by atoms with Crippen molar-refractivity contribution in [1.82, 2.24) is 4.98 Å². The molecule has 1 aliphatic carbocycles. The Morgan fingerprint density at radius 2 is 2.13 bits per heavy atom. The highest BCUT2D eigenvalue weighted by Crippen LogP contribution is 2.35. The van der Waals surface area contributed by atoms with Gasteiger partial charge in [-0.3, -0.25) is 4.98 Å². The van der Waals surface area contributed by atoms with Gasteiger partial charge >= 0.3 is 0 Å². The van der Waals surface area contributed by atoms with Gasteiger partial charge in [0.2, 0.25) is 0 Å². The van der Waals surface area contributed by atoms with E-state index in [-0.39, 0.29) is 6.10 Å². The van der Waals surface area contributed by atoms with E-state index in [1.54, 1.807) is 0 Å². The fraction of sp³-hybridized carbons (Fsp3) is 0.615. The van der Waals surface area contributed by atoms with E-state index in [4.69, 9.17) is 0 Å². The van der Waals surface area contributed by atoms with Gasteiger partial charge < -0.3 is 5.11 Å². The SMILES string of the molecule is Cc1ccc(C(O)CC2CCC2)c(C)n1. The molecule has 0 saturated heterocycles. The Bertz CT molecular complexity index is 344. The van der Waals surface area contributed by atoms with Gasteiger partial charge in [0, 0.05) is 17.0 Å². The summed E-state index contributed by atoms with van der Waals surface area (Å²) >= 11 is 0. The second kappa shape index (κ2) is 4.31. The van der Waals surface area contributed by atoms with Crippen LogP contribution in [0.2, 0.25) is 0 Å². The Labute approximate surface area is 91.4 Å². The number of aryl methyl sites for hydroxylation is 2. The highest BCUT2D eigenvalue weighted by molar-refractivity contribution is 5.23. The smallest absolute Gasteiger partial charge is 0.0810 e. The minimum atomic E-state index is -0.316. The molecule has 0 aromatic carbocycles. The van der Waals surface area contributed by atoms with Crippen LogP contribution in [0.5, 0.6) is 0 Å². The molecule has 0 amide bonds. The first-order valence-electron chi connectivity index (χ1n) is 5.79. The maximum absolute atomic E-state index is 10.1. The predicted octanol–water partition coefficient (Wildman–Crippen LogP) is 2.92. The molecule has 1 saturated carbocycles. The average Bonchev–Trinajstić information content (AvgIpc) is 2.11. The molecule has 0 spiro atoms. The van der Waals surface area contributed by atoms with Crippen molar-refractivity contribution >= 4 is 0 Å². The third-order valence-corrected chi connectivity index (χ3v) is 3.41. The Hall–Kier alpha value is -0.890. The van der Waals surface area contributed by atoms with Crippen LogP contribution in [0.4, 0.5) is 0 Å². The van der Waals surface area contributed by atoms with E-state index < -0.39 is 0 Å². The van der Waals surface area contributed by atoms with Crippen LogP contribution in [-0.4, -0.2) is 10.1 Å². The van der Waals surface area contributed by atoms with E-state index in [9.17, 15) is 5.11 Å². The third-order valence-electron chi connectivity index (χ3n) is 3.41. The summed E-state index contributed by atoms with van der Waals surface area (Å²) in [5.74, 6) is 0.737. The van der Waals surface area contributed by atoms with E-state index in [2.05, 4.69) is 4.98 Å². The Balaban J connectivity index is 2.06. The highest BCUT2D eigenvalue weighted by Gasteiger charge is 2.22. The largest absolute Gasteiger partial charge is 0.388 e. The summed E-state index contributed by atoms with van der Waals surface area (Å²) in [4.78, 5) is 4.39. The zero-order chi connectivity index (χ0) is 10.8. The van der Waals surface area contributed by atoms with Crippen molar-refractivity contribution < 1.29 is 5.11 Å². The molecule has 82 valence electrons. The number of pyridine rings is 1. The van der Waals surface area contributed by atoms with E-state index >= 15 is 0 Å². The number of hydrogen-bond donors (Lipinski definition) is 1. The van der Waals surface area contributed by atoms with E-state index in [1.165, 1.54) is 19.3 Å². The zero-order valence-electron chi connectivity index (χ0n) is 9.53. The maximum Gasteiger partial charge on any atom is 0.0810 e. The van der Waals surface area contributed by atoms with Gasteiger partial charge in [0.1, 0.15) is 0 Å². The van der Waals surface area contributed by atoms with Crippen LogP contribution >= 0.6 is 0 Å². The van der Waals surface area contributed by atoms with Gasteiger partial charge in [0.05, 0.1) is 6.10 Å². The van der Waals surface area contributed by atoms with Crippen molar-refractivity contribution in [3.63, 3.8) is 0 Å². The Morgan fingerprint density at radius 1 is 1.40 bits per heavy atom. The lowest BCUT2D eigenvalue weighted by Crippen LogP contribution is -2.15. The van der Waals surface area contributed by atoms with Crippen molar-refractivity contribution in [3.05, 3.63) is 29.1 Å². The van der Waals surface area contributed by atoms with Crippen molar-refractivity contribution in [2.75, 3.05) is 0 Å². The molecular formula is C13H19NO. The number of hydrogen-bond acceptors (Lipinski definition) is 2. The first-order valence-corrected chi connectivity index (χ1v) is 5.79. The molecule has 1 unspecified atom stereocenters. The second-order valence-corrected chi connectivity index (χ2v) is 4.68. The van der Waals surface area contributed by atoms with E-state index in [1.807, 2.05) is 26.0 Å². The number of aliphatic hydroxyl groups excluding tert-OH is 1. The number of nitrogens with zero attached hydrogens (tertiary/aromatic N) is 1. The summed E-state index contributed by atoms with van der Waals surface area (Å²) < 4.78 is 0. The average molecular weight is 205 g/mol. The highest BCUT2D eigenvalue weighted by atomic mass is 16.3. The van der Waals surface area contributed by atoms with Gasteiger partial charge in [-0.1, -0.05) is 25.3 Å². The van der Waals surface area contributed by atoms with Crippen LogP contribution in [0.3, 0.4) is 0 Å². The van der Waals surface area contributed by atoms with Crippen molar-refractivity contribution in [3.8, 4) is 0 Å². The normalized spacial score (nSPS) is 18.6. The van der Waals surface area contributed by atoms with Crippen molar-refractivity contribution in [1.29, 1.82) is 0 Å². The molecule has 0 radical (unpaired) electrons. The fourth-order valence-corrected chi connectivity index (χ4v) is 2.22. The van der Waals surface area contributed by atoms with Crippen LogP contribution in [0.1, 0.15) is 48.7 Å². The molecule has 0 aliphatic heterocycles. The standard InChI is InChI=1S/C13H19NO/c1-9-6-7-12(10(2)14-9)13(15)8-11-4-3-5-11/h6-7,11,13,15H,3-5,8H2,1-2H3. The summed E-state index contributed by atoms with van der Waals surface area (Å²) in [7, 11) is 0.